The molecule has 0 aromatic rings. The summed E-state index contributed by atoms with van der Waals surface area (Å²) in [6.45, 7) is 8.11. The molecule has 0 spiro atoms. The molecular formula is C9H17NaO2. The smallest absolute Gasteiger partial charge is 0.550 e. The van der Waals surface area contributed by atoms with E-state index in [0.717, 1.165) is 6.42 Å². The van der Waals surface area contributed by atoms with Crippen molar-refractivity contribution >= 4 is 5.97 Å². The summed E-state index contributed by atoms with van der Waals surface area (Å²) in [6, 6.07) is 0. The molecule has 0 radical (unpaired) electrons. The fraction of sp³-hybridized carbons (Fsp3) is 0.889. The summed E-state index contributed by atoms with van der Waals surface area (Å²) in [5, 5.41) is 10.3. The maximum absolute atomic E-state index is 10.3. The van der Waals surface area contributed by atoms with E-state index in [1.807, 2.05) is 13.8 Å². The van der Waals surface area contributed by atoms with E-state index in [0.29, 0.717) is 5.92 Å². The molecule has 0 aromatic heterocycles. The third-order valence-corrected chi connectivity index (χ3v) is 1.58. The monoisotopic (exact) mass is 180 g/mol. The molecule has 0 rings (SSSR count). The van der Waals surface area contributed by atoms with Crippen LogP contribution in [0, 0.1) is 11.3 Å². The van der Waals surface area contributed by atoms with Crippen LogP contribution in [0.1, 0.15) is 40.5 Å². The predicted octanol–water partition coefficient (Wildman–Crippen LogP) is -1.80. The molecule has 0 amide bonds. The van der Waals surface area contributed by atoms with Crippen LogP contribution in [0.2, 0.25) is 0 Å². The SMILES string of the molecule is CC(C)CC(C)(C)CC(=O)[O-].[Na+]. The van der Waals surface area contributed by atoms with Gasteiger partial charge in [0.25, 0.3) is 0 Å². The van der Waals surface area contributed by atoms with Gasteiger partial charge < -0.3 is 9.90 Å². The van der Waals surface area contributed by atoms with E-state index in [2.05, 4.69) is 13.8 Å². The molecule has 3 heteroatoms. The van der Waals surface area contributed by atoms with Gasteiger partial charge in [0.15, 0.2) is 0 Å². The largest absolute Gasteiger partial charge is 1.00 e. The minimum Gasteiger partial charge on any atom is -0.550 e. The number of rotatable bonds is 4. The molecule has 0 saturated heterocycles. The number of carbonyl (C=O) groups excluding carboxylic acids is 1. The predicted molar refractivity (Wildman–Crippen MR) is 42.9 cm³/mol. The quantitative estimate of drug-likeness (QED) is 0.479. The van der Waals surface area contributed by atoms with Crippen LogP contribution in [-0.2, 0) is 4.79 Å². The van der Waals surface area contributed by atoms with E-state index in [9.17, 15) is 9.90 Å². The van der Waals surface area contributed by atoms with Gasteiger partial charge in [-0.2, -0.15) is 0 Å². The second kappa shape index (κ2) is 6.01. The molecule has 0 unspecified atom stereocenters. The second-order valence-corrected chi connectivity index (χ2v) is 4.31. The van der Waals surface area contributed by atoms with E-state index in [-0.39, 0.29) is 41.4 Å². The van der Waals surface area contributed by atoms with Crippen LogP contribution >= 0.6 is 0 Å². The van der Waals surface area contributed by atoms with Gasteiger partial charge in [0, 0.05) is 5.97 Å². The standard InChI is InChI=1S/C9H18O2.Na/c1-7(2)5-9(3,4)6-8(10)11;/h7H,5-6H2,1-4H3,(H,10,11);/q;+1/p-1. The maximum Gasteiger partial charge on any atom is 1.00 e. The van der Waals surface area contributed by atoms with Crippen molar-refractivity contribution in [2.45, 2.75) is 40.5 Å². The number of carboxylic acid groups (broad SMARTS) is 1. The summed E-state index contributed by atoms with van der Waals surface area (Å²) in [7, 11) is 0. The summed E-state index contributed by atoms with van der Waals surface area (Å²) < 4.78 is 0. The minimum atomic E-state index is -0.948. The molecule has 0 heterocycles. The summed E-state index contributed by atoms with van der Waals surface area (Å²) in [4.78, 5) is 10.3. The van der Waals surface area contributed by atoms with Crippen molar-refractivity contribution in [3.63, 3.8) is 0 Å². The Balaban J connectivity index is 0. The van der Waals surface area contributed by atoms with E-state index in [1.54, 1.807) is 0 Å². The molecule has 0 aliphatic heterocycles. The van der Waals surface area contributed by atoms with E-state index < -0.39 is 5.97 Å². The second-order valence-electron chi connectivity index (χ2n) is 4.31. The van der Waals surface area contributed by atoms with Gasteiger partial charge in [0.1, 0.15) is 0 Å². The van der Waals surface area contributed by atoms with Gasteiger partial charge in [-0.05, 0) is 24.2 Å². The van der Waals surface area contributed by atoms with Gasteiger partial charge in [-0.15, -0.1) is 0 Å². The average molecular weight is 180 g/mol. The maximum atomic E-state index is 10.3. The summed E-state index contributed by atoms with van der Waals surface area (Å²) >= 11 is 0. The van der Waals surface area contributed by atoms with Crippen LogP contribution in [0.4, 0.5) is 0 Å². The fourth-order valence-electron chi connectivity index (χ4n) is 1.57. The van der Waals surface area contributed by atoms with Crippen molar-refractivity contribution in [3.8, 4) is 0 Å². The first-order valence-electron chi connectivity index (χ1n) is 4.03. The topological polar surface area (TPSA) is 40.1 Å². The Morgan fingerprint density at radius 2 is 1.83 bits per heavy atom. The van der Waals surface area contributed by atoms with Crippen LogP contribution in [0.3, 0.4) is 0 Å². The molecule has 12 heavy (non-hydrogen) atoms. The van der Waals surface area contributed by atoms with Crippen molar-refractivity contribution in [1.29, 1.82) is 0 Å². The van der Waals surface area contributed by atoms with E-state index in [1.165, 1.54) is 0 Å². The van der Waals surface area contributed by atoms with Gasteiger partial charge in [-0.3, -0.25) is 0 Å². The van der Waals surface area contributed by atoms with Crippen LogP contribution in [0.15, 0.2) is 0 Å². The zero-order valence-electron chi connectivity index (χ0n) is 8.81. The molecule has 2 nitrogen and oxygen atoms in total. The van der Waals surface area contributed by atoms with Crippen LogP contribution < -0.4 is 34.7 Å². The van der Waals surface area contributed by atoms with Gasteiger partial charge in [-0.25, -0.2) is 0 Å². The van der Waals surface area contributed by atoms with Crippen molar-refractivity contribution in [2.24, 2.45) is 11.3 Å². The molecule has 0 aliphatic rings. The number of carboxylic acids is 1. The molecule has 0 aromatic carbocycles. The van der Waals surface area contributed by atoms with E-state index >= 15 is 0 Å². The molecule has 0 saturated carbocycles. The van der Waals surface area contributed by atoms with Gasteiger partial charge >= 0.3 is 29.6 Å². The zero-order valence-corrected chi connectivity index (χ0v) is 10.8. The Hall–Kier alpha value is 0.470. The zero-order chi connectivity index (χ0) is 9.07. The number of hydrogen-bond donors (Lipinski definition) is 0. The molecular weight excluding hydrogens is 163 g/mol. The minimum absolute atomic E-state index is 0. The first-order chi connectivity index (χ1) is 4.83. The van der Waals surface area contributed by atoms with E-state index in [4.69, 9.17) is 0 Å². The van der Waals surface area contributed by atoms with Crippen molar-refractivity contribution < 1.29 is 39.5 Å². The Kier molecular flexibility index (Phi) is 7.49. The average Bonchev–Trinajstić information content (AvgIpc) is 1.53. The van der Waals surface area contributed by atoms with Crippen molar-refractivity contribution in [1.82, 2.24) is 0 Å². The Morgan fingerprint density at radius 3 is 2.08 bits per heavy atom. The number of carbonyl (C=O) groups is 1. The third kappa shape index (κ3) is 8.57. The molecule has 0 N–H and O–H groups in total. The van der Waals surface area contributed by atoms with Gasteiger partial charge in [0.2, 0.25) is 0 Å². The molecule has 66 valence electrons. The summed E-state index contributed by atoms with van der Waals surface area (Å²) in [5.74, 6) is -0.403. The van der Waals surface area contributed by atoms with Crippen molar-refractivity contribution in [2.75, 3.05) is 0 Å². The van der Waals surface area contributed by atoms with Gasteiger partial charge in [0.05, 0.1) is 0 Å². The van der Waals surface area contributed by atoms with Crippen molar-refractivity contribution in [3.05, 3.63) is 0 Å². The fourth-order valence-corrected chi connectivity index (χ4v) is 1.57. The van der Waals surface area contributed by atoms with Crippen LogP contribution in [0.5, 0.6) is 0 Å². The van der Waals surface area contributed by atoms with Crippen LogP contribution in [-0.4, -0.2) is 5.97 Å². The Labute approximate surface area is 97.0 Å². The molecule has 0 fully saturated rings. The van der Waals surface area contributed by atoms with Crippen LogP contribution in [0.25, 0.3) is 0 Å². The summed E-state index contributed by atoms with van der Waals surface area (Å²) in [5.41, 5.74) is -0.118. The molecule has 0 aliphatic carbocycles. The first-order valence-corrected chi connectivity index (χ1v) is 4.03. The Morgan fingerprint density at radius 1 is 1.42 bits per heavy atom. The third-order valence-electron chi connectivity index (χ3n) is 1.58. The normalized spacial score (nSPS) is 11.1. The molecule has 0 atom stereocenters. The van der Waals surface area contributed by atoms with Gasteiger partial charge in [-0.1, -0.05) is 27.7 Å². The summed E-state index contributed by atoms with van der Waals surface area (Å²) in [6.07, 6.45) is 1.09. The first kappa shape index (κ1) is 15.0. The molecule has 0 bridgehead atoms. The number of aliphatic carboxylic acids is 1. The number of hydrogen-bond acceptors (Lipinski definition) is 2. The Bertz CT molecular complexity index is 141.